The molecule has 1 aromatic rings. The van der Waals surface area contributed by atoms with E-state index in [1.165, 1.54) is 23.2 Å². The molecule has 0 spiro atoms. The van der Waals surface area contributed by atoms with Gasteiger partial charge in [-0.05, 0) is 38.4 Å². The summed E-state index contributed by atoms with van der Waals surface area (Å²) in [5, 5.41) is 3.25. The minimum Gasteiger partial charge on any atom is -0.368 e. The van der Waals surface area contributed by atoms with Gasteiger partial charge in [0.05, 0.1) is 0 Å². The number of para-hydroxylation sites is 1. The number of benzene rings is 1. The maximum Gasteiger partial charge on any atom is 0.0447 e. The number of likely N-dealkylation sites (N-methyl/N-ethyl adjacent to an activating group) is 1. The Bertz CT molecular complexity index is 346. The van der Waals surface area contributed by atoms with E-state index in [0.29, 0.717) is 6.04 Å². The van der Waals surface area contributed by atoms with E-state index < -0.39 is 0 Å². The first-order chi connectivity index (χ1) is 7.27. The minimum atomic E-state index is 0.656. The minimum absolute atomic E-state index is 0.656. The van der Waals surface area contributed by atoms with Crippen molar-refractivity contribution in [1.29, 1.82) is 0 Å². The number of nitrogens with zero attached hydrogens (tertiary/aromatic N) is 1. The fourth-order valence-corrected chi connectivity index (χ4v) is 2.63. The van der Waals surface area contributed by atoms with Gasteiger partial charge in [0.15, 0.2) is 0 Å². The normalized spacial score (nSPS) is 19.4. The molecule has 2 nitrogen and oxygen atoms in total. The SMILES string of the molecule is CCN1c2c(CNC)cccc2CC1C. The van der Waals surface area contributed by atoms with E-state index in [0.717, 1.165) is 13.1 Å². The van der Waals surface area contributed by atoms with E-state index in [1.54, 1.807) is 0 Å². The van der Waals surface area contributed by atoms with Crippen LogP contribution in [0.1, 0.15) is 25.0 Å². The molecule has 1 heterocycles. The summed E-state index contributed by atoms with van der Waals surface area (Å²) in [6.07, 6.45) is 1.20. The van der Waals surface area contributed by atoms with Crippen LogP contribution in [0.5, 0.6) is 0 Å². The average Bonchev–Trinajstić information content (AvgIpc) is 2.55. The van der Waals surface area contributed by atoms with E-state index in [2.05, 4.69) is 42.3 Å². The summed E-state index contributed by atoms with van der Waals surface area (Å²) in [5.74, 6) is 0. The summed E-state index contributed by atoms with van der Waals surface area (Å²) in [7, 11) is 2.01. The molecule has 1 N–H and O–H groups in total. The standard InChI is InChI=1S/C13H20N2/c1-4-15-10(2)8-11-6-5-7-12(9-14-3)13(11)15/h5-7,10,14H,4,8-9H2,1-3H3. The number of hydrogen-bond donors (Lipinski definition) is 1. The molecular formula is C13H20N2. The second-order valence-corrected chi connectivity index (χ2v) is 4.29. The molecule has 0 bridgehead atoms. The van der Waals surface area contributed by atoms with Crippen LogP contribution in [0.2, 0.25) is 0 Å². The molecule has 1 unspecified atom stereocenters. The van der Waals surface area contributed by atoms with E-state index in [-0.39, 0.29) is 0 Å². The number of fused-ring (bicyclic) bond motifs is 1. The molecule has 0 saturated heterocycles. The van der Waals surface area contributed by atoms with E-state index >= 15 is 0 Å². The molecule has 0 saturated carbocycles. The van der Waals surface area contributed by atoms with E-state index in [9.17, 15) is 0 Å². The Balaban J connectivity index is 2.41. The summed E-state index contributed by atoms with van der Waals surface area (Å²) in [5.41, 5.74) is 4.42. The monoisotopic (exact) mass is 204 g/mol. The molecule has 0 fully saturated rings. The Morgan fingerprint density at radius 1 is 1.47 bits per heavy atom. The zero-order valence-corrected chi connectivity index (χ0v) is 9.88. The lowest BCUT2D eigenvalue weighted by molar-refractivity contribution is 0.687. The van der Waals surface area contributed by atoms with Crippen molar-refractivity contribution in [3.8, 4) is 0 Å². The third-order valence-electron chi connectivity index (χ3n) is 3.25. The molecule has 2 heteroatoms. The molecular weight excluding hydrogens is 184 g/mol. The van der Waals surface area contributed by atoms with Crippen LogP contribution < -0.4 is 10.2 Å². The highest BCUT2D eigenvalue weighted by atomic mass is 15.2. The van der Waals surface area contributed by atoms with Crippen molar-refractivity contribution in [2.75, 3.05) is 18.5 Å². The van der Waals surface area contributed by atoms with Crippen LogP contribution in [0, 0.1) is 0 Å². The van der Waals surface area contributed by atoms with Crippen molar-refractivity contribution in [3.05, 3.63) is 29.3 Å². The van der Waals surface area contributed by atoms with Crippen molar-refractivity contribution in [1.82, 2.24) is 5.32 Å². The summed E-state index contributed by atoms with van der Waals surface area (Å²) < 4.78 is 0. The first kappa shape index (κ1) is 10.5. The molecule has 0 aromatic heterocycles. The number of rotatable bonds is 3. The van der Waals surface area contributed by atoms with Gasteiger partial charge in [-0.2, -0.15) is 0 Å². The van der Waals surface area contributed by atoms with E-state index in [1.807, 2.05) is 7.05 Å². The lowest BCUT2D eigenvalue weighted by Gasteiger charge is -2.25. The molecule has 82 valence electrons. The summed E-state index contributed by atoms with van der Waals surface area (Å²) in [4.78, 5) is 2.52. The van der Waals surface area contributed by atoms with Gasteiger partial charge in [0.25, 0.3) is 0 Å². The lowest BCUT2D eigenvalue weighted by atomic mass is 10.1. The quantitative estimate of drug-likeness (QED) is 0.812. The largest absolute Gasteiger partial charge is 0.368 e. The van der Waals surface area contributed by atoms with Gasteiger partial charge in [0.1, 0.15) is 0 Å². The molecule has 1 aliphatic heterocycles. The predicted molar refractivity (Wildman–Crippen MR) is 65.4 cm³/mol. The number of anilines is 1. The highest BCUT2D eigenvalue weighted by Gasteiger charge is 2.26. The zero-order chi connectivity index (χ0) is 10.8. The molecule has 0 aliphatic carbocycles. The maximum absolute atomic E-state index is 3.25. The topological polar surface area (TPSA) is 15.3 Å². The Morgan fingerprint density at radius 2 is 2.27 bits per heavy atom. The third kappa shape index (κ3) is 1.74. The van der Waals surface area contributed by atoms with Gasteiger partial charge in [0.2, 0.25) is 0 Å². The van der Waals surface area contributed by atoms with Gasteiger partial charge >= 0.3 is 0 Å². The predicted octanol–water partition coefficient (Wildman–Crippen LogP) is 2.18. The van der Waals surface area contributed by atoms with Crippen molar-refractivity contribution >= 4 is 5.69 Å². The summed E-state index contributed by atoms with van der Waals surface area (Å²) >= 11 is 0. The highest BCUT2D eigenvalue weighted by Crippen LogP contribution is 2.34. The van der Waals surface area contributed by atoms with Gasteiger partial charge < -0.3 is 10.2 Å². The van der Waals surface area contributed by atoms with Crippen molar-refractivity contribution in [3.63, 3.8) is 0 Å². The van der Waals surface area contributed by atoms with E-state index in [4.69, 9.17) is 0 Å². The lowest BCUT2D eigenvalue weighted by Crippen LogP contribution is -2.29. The molecule has 0 radical (unpaired) electrons. The second-order valence-electron chi connectivity index (χ2n) is 4.29. The van der Waals surface area contributed by atoms with Gasteiger partial charge in [-0.3, -0.25) is 0 Å². The van der Waals surface area contributed by atoms with Crippen LogP contribution in [0.3, 0.4) is 0 Å². The zero-order valence-electron chi connectivity index (χ0n) is 9.88. The summed E-state index contributed by atoms with van der Waals surface area (Å²) in [6, 6.07) is 7.33. The van der Waals surface area contributed by atoms with Crippen LogP contribution in [-0.4, -0.2) is 19.6 Å². The van der Waals surface area contributed by atoms with Crippen LogP contribution in [0.25, 0.3) is 0 Å². The van der Waals surface area contributed by atoms with Gasteiger partial charge in [0, 0.05) is 24.8 Å². The molecule has 1 aromatic carbocycles. The smallest absolute Gasteiger partial charge is 0.0447 e. The van der Waals surface area contributed by atoms with Crippen LogP contribution in [0.4, 0.5) is 5.69 Å². The Labute approximate surface area is 92.3 Å². The average molecular weight is 204 g/mol. The summed E-state index contributed by atoms with van der Waals surface area (Å²) in [6.45, 7) is 6.62. The van der Waals surface area contributed by atoms with Gasteiger partial charge in [-0.25, -0.2) is 0 Å². The van der Waals surface area contributed by atoms with Crippen molar-refractivity contribution in [2.45, 2.75) is 32.9 Å². The Hall–Kier alpha value is -1.02. The molecule has 1 aliphatic rings. The van der Waals surface area contributed by atoms with Crippen molar-refractivity contribution in [2.24, 2.45) is 0 Å². The fourth-order valence-electron chi connectivity index (χ4n) is 2.63. The third-order valence-corrected chi connectivity index (χ3v) is 3.25. The maximum atomic E-state index is 3.25. The Kier molecular flexibility index (Phi) is 2.96. The van der Waals surface area contributed by atoms with Crippen LogP contribution in [-0.2, 0) is 13.0 Å². The van der Waals surface area contributed by atoms with Gasteiger partial charge in [-0.1, -0.05) is 18.2 Å². The van der Waals surface area contributed by atoms with Crippen LogP contribution in [0.15, 0.2) is 18.2 Å². The number of hydrogen-bond acceptors (Lipinski definition) is 2. The molecule has 1 atom stereocenters. The second kappa shape index (κ2) is 4.23. The Morgan fingerprint density at radius 3 is 2.93 bits per heavy atom. The first-order valence-corrected chi connectivity index (χ1v) is 5.80. The number of nitrogens with one attached hydrogen (secondary N) is 1. The van der Waals surface area contributed by atoms with Crippen molar-refractivity contribution < 1.29 is 0 Å². The molecule has 2 rings (SSSR count). The van der Waals surface area contributed by atoms with Gasteiger partial charge in [-0.15, -0.1) is 0 Å². The first-order valence-electron chi connectivity index (χ1n) is 5.80. The molecule has 15 heavy (non-hydrogen) atoms. The fraction of sp³-hybridized carbons (Fsp3) is 0.538. The molecule has 0 amide bonds. The highest BCUT2D eigenvalue weighted by molar-refractivity contribution is 5.64. The van der Waals surface area contributed by atoms with Crippen LogP contribution >= 0.6 is 0 Å².